The minimum Gasteiger partial charge on any atom is -0.478 e. The van der Waals surface area contributed by atoms with Gasteiger partial charge in [-0.05, 0) is 245 Å². The molecule has 0 aliphatic carbocycles. The number of likely N-dealkylation sites (N-methyl/N-ethyl adjacent to an activating group) is 2. The highest BCUT2D eigenvalue weighted by Crippen LogP contribution is 2.44. The van der Waals surface area contributed by atoms with Crippen LogP contribution in [-0.4, -0.2) is 186 Å². The zero-order valence-electron chi connectivity index (χ0n) is 65.4. The highest BCUT2D eigenvalue weighted by Gasteiger charge is 2.64. The molecule has 6 saturated heterocycles. The van der Waals surface area contributed by atoms with E-state index in [0.29, 0.717) is 40.8 Å². The second-order valence-electron chi connectivity index (χ2n) is 31.9. The Morgan fingerprint density at radius 2 is 0.755 bits per heavy atom. The Labute approximate surface area is 632 Å². The summed E-state index contributed by atoms with van der Waals surface area (Å²) in [6.45, 7) is 51.8. The van der Waals surface area contributed by atoms with Gasteiger partial charge in [-0.2, -0.15) is 26.3 Å². The van der Waals surface area contributed by atoms with Gasteiger partial charge >= 0.3 is 52.5 Å². The monoisotopic (exact) mass is 1550 g/mol. The van der Waals surface area contributed by atoms with Gasteiger partial charge < -0.3 is 68.3 Å². The fourth-order valence-electron chi connectivity index (χ4n) is 12.0. The van der Waals surface area contributed by atoms with Gasteiger partial charge in [0.1, 0.15) is 0 Å². The molecule has 0 radical (unpaired) electrons. The average Bonchev–Trinajstić information content (AvgIpc) is 1.62. The number of benzene rings is 5. The second-order valence-corrected chi connectivity index (χ2v) is 32.7. The van der Waals surface area contributed by atoms with Crippen LogP contribution in [0.3, 0.4) is 0 Å². The number of anilines is 2. The molecule has 0 spiro atoms. The van der Waals surface area contributed by atoms with Crippen molar-refractivity contribution < 1.29 is 88.2 Å². The van der Waals surface area contributed by atoms with Crippen LogP contribution >= 0.6 is 15.9 Å². The number of alkyl halides is 6. The number of nitrogens with one attached hydrogen (secondary N) is 1. The van der Waals surface area contributed by atoms with E-state index in [-0.39, 0.29) is 39.3 Å². The Hall–Kier alpha value is -5.85. The maximum absolute atomic E-state index is 13.7. The third-order valence-corrected chi connectivity index (χ3v) is 22.7. The van der Waals surface area contributed by atoms with Crippen molar-refractivity contribution in [1.82, 2.24) is 19.6 Å². The first-order valence-electron chi connectivity index (χ1n) is 35.9. The van der Waals surface area contributed by atoms with Crippen LogP contribution in [0.5, 0.6) is 0 Å². The number of hydrogen-bond acceptors (Lipinski definition) is 16. The summed E-state index contributed by atoms with van der Waals surface area (Å²) in [4.78, 5) is 43.6. The maximum Gasteiger partial charge on any atom is 0.495 e. The van der Waals surface area contributed by atoms with Gasteiger partial charge in [0.2, 0.25) is 0 Å². The molecule has 30 heteroatoms. The van der Waals surface area contributed by atoms with E-state index in [1.807, 2.05) is 132 Å². The largest absolute Gasteiger partial charge is 0.495 e. The highest BCUT2D eigenvalue weighted by atomic mass is 79.9. The zero-order valence-corrected chi connectivity index (χ0v) is 66.9. The molecule has 106 heavy (non-hydrogen) atoms. The summed E-state index contributed by atoms with van der Waals surface area (Å²) in [5.74, 6) is -2.34. The van der Waals surface area contributed by atoms with Gasteiger partial charge in [0.15, 0.2) is 0 Å². The Morgan fingerprint density at radius 1 is 0.443 bits per heavy atom. The smallest absolute Gasteiger partial charge is 0.478 e. The zero-order chi connectivity index (χ0) is 79.5. The third-order valence-electron chi connectivity index (χ3n) is 21.8. The molecule has 6 aliphatic rings. The van der Waals surface area contributed by atoms with E-state index in [2.05, 4.69) is 54.7 Å². The van der Waals surface area contributed by atoms with Crippen molar-refractivity contribution in [3.63, 3.8) is 0 Å². The molecule has 5 aromatic rings. The first kappa shape index (κ1) is 87.4. The quantitative estimate of drug-likeness (QED) is 0.0490. The van der Waals surface area contributed by atoms with E-state index in [0.717, 1.165) is 104 Å². The third kappa shape index (κ3) is 22.0. The molecule has 11 rings (SSSR count). The number of carbonyl (C=O) groups excluding carboxylic acids is 1. The molecule has 5 aromatic carbocycles. The Kier molecular flexibility index (Phi) is 27.8. The number of rotatable bonds is 13. The molecule has 1 amide bonds. The summed E-state index contributed by atoms with van der Waals surface area (Å²) in [7, 11) is -2.13. The highest BCUT2D eigenvalue weighted by molar-refractivity contribution is 9.10. The number of piperazine rings is 2. The minimum atomic E-state index is -4.52. The normalized spacial score (nSPS) is 20.8. The molecule has 0 unspecified atom stereocenters. The van der Waals surface area contributed by atoms with Gasteiger partial charge in [0.05, 0.1) is 67.1 Å². The van der Waals surface area contributed by atoms with Crippen LogP contribution in [0, 0.1) is 20.8 Å². The van der Waals surface area contributed by atoms with E-state index >= 15 is 0 Å². The van der Waals surface area contributed by atoms with Crippen LogP contribution in [0.4, 0.5) is 37.7 Å². The van der Waals surface area contributed by atoms with Crippen molar-refractivity contribution in [2.45, 2.75) is 216 Å². The number of aryl methyl sites for hydroxylation is 3. The van der Waals surface area contributed by atoms with Crippen molar-refractivity contribution in [3.05, 3.63) is 151 Å². The van der Waals surface area contributed by atoms with E-state index in [1.54, 1.807) is 66.7 Å². The maximum atomic E-state index is 13.7. The standard InChI is InChI=1S/C28H37BF3N3O3.C14H19BO4.C14H20F3N3.C12H24B2O4.C8H7BrO2/c1-7-34-10-12-35(13-11-34)18-20-14-22(28(30,31)32)17-23(15-20)33-25(36)21-9-8-19(2)24(16-21)29-37-26(3,4)27(5,6)38-29;1-9-6-7-10(12(16)17)8-11(9)15-18-13(2,3)14(4,5)19-15;1-2-19-3-5-20(6-4-19)10-11-7-12(14(15,16)17)9-13(18)8-11;1-9(2)10(3,4)16-13(15-9)14-17-11(5,6)12(7,8)18-14;1-5-2-3-6(8(10)11)4-7(5)9/h8-9,14-17H,7,10-13,18H2,1-6H3,(H,33,36);6-8H,1-5H3,(H,16,17);7-9H,2-6,10,18H2,1H3;1-8H3;2-4H,1H3,(H,10,11). The minimum absolute atomic E-state index is 0.116. The molecular weight excluding hydrogens is 1440 g/mol. The molecule has 0 saturated carbocycles. The van der Waals surface area contributed by atoms with Gasteiger partial charge in [-0.15, -0.1) is 0 Å². The number of nitrogen functional groups attached to an aromatic ring is 1. The number of nitrogens with two attached hydrogens (primary N) is 1. The van der Waals surface area contributed by atoms with Crippen LogP contribution in [0.15, 0.2) is 95.5 Å². The number of carboxylic acid groups (broad SMARTS) is 2. The van der Waals surface area contributed by atoms with Crippen molar-refractivity contribution in [1.29, 1.82) is 0 Å². The van der Waals surface area contributed by atoms with Crippen molar-refractivity contribution in [3.8, 4) is 0 Å². The van der Waals surface area contributed by atoms with Gasteiger partial charge in [-0.3, -0.25) is 14.6 Å². The van der Waals surface area contributed by atoms with E-state index in [4.69, 9.17) is 53.2 Å². The van der Waals surface area contributed by atoms with Crippen LogP contribution < -0.4 is 22.0 Å². The van der Waals surface area contributed by atoms with E-state index in [9.17, 15) is 40.7 Å². The fraction of sp³-hybridized carbons (Fsp3) is 0.566. The number of aromatic carboxylic acids is 2. The van der Waals surface area contributed by atoms with Crippen LogP contribution in [0.25, 0.3) is 0 Å². The van der Waals surface area contributed by atoms with Crippen molar-refractivity contribution >= 4 is 84.3 Å². The van der Waals surface area contributed by atoms with Crippen molar-refractivity contribution in [2.24, 2.45) is 0 Å². The van der Waals surface area contributed by atoms with E-state index in [1.165, 1.54) is 12.1 Å². The molecule has 0 aromatic heterocycles. The first-order chi connectivity index (χ1) is 48.7. The lowest BCUT2D eigenvalue weighted by molar-refractivity contribution is -0.138. The average molecular weight is 1550 g/mol. The number of amides is 1. The number of carboxylic acids is 2. The molecule has 6 aliphatic heterocycles. The summed E-state index contributed by atoms with van der Waals surface area (Å²) in [5, 5.41) is 20.3. The Morgan fingerprint density at radius 3 is 1.10 bits per heavy atom. The number of hydrogen-bond donors (Lipinski definition) is 4. The Balaban J connectivity index is 0.000000197. The summed E-state index contributed by atoms with van der Waals surface area (Å²) >= 11 is 3.25. The predicted octanol–water partition coefficient (Wildman–Crippen LogP) is 13.8. The van der Waals surface area contributed by atoms with Crippen LogP contribution in [-0.2, 0) is 62.7 Å². The van der Waals surface area contributed by atoms with Gasteiger partial charge in [0, 0.05) is 86.9 Å². The SMILES string of the molecule is CC1(C)OB(B2OC(C)(C)C(C)(C)O2)OC1(C)C.CCN1CCN(Cc2cc(N)cc(C(F)(F)F)c2)CC1.CCN1CCN(Cc2cc(NC(=O)c3ccc(C)c(B4OC(C)(C)C(C)(C)O4)c3)cc(C(F)(F)F)c2)CC1.Cc1ccc(C(=O)O)cc1B1OC(C)(C)C(C)(C)O1.Cc1ccc(C(=O)O)cc1Br. The lowest BCUT2D eigenvalue weighted by atomic mass is 9.49. The second kappa shape index (κ2) is 33.8. The molecular formula is C76H107B4BrF6N6O13. The van der Waals surface area contributed by atoms with Gasteiger partial charge in [-0.1, -0.05) is 59.1 Å². The summed E-state index contributed by atoms with van der Waals surface area (Å²) < 4.78 is 128. The fourth-order valence-corrected chi connectivity index (χ4v) is 12.3. The number of nitrogens with zero attached hydrogens (tertiary/aromatic N) is 4. The summed E-state index contributed by atoms with van der Waals surface area (Å²) in [6, 6.07) is 22.7. The lowest BCUT2D eigenvalue weighted by Gasteiger charge is -2.34. The molecule has 0 atom stereocenters. The Bertz CT molecular complexity index is 3810. The molecule has 5 N–H and O–H groups in total. The van der Waals surface area contributed by atoms with Crippen molar-refractivity contribution in [2.75, 3.05) is 76.5 Å². The van der Waals surface area contributed by atoms with Gasteiger partial charge in [-0.25, -0.2) is 9.59 Å². The summed E-state index contributed by atoms with van der Waals surface area (Å²) in [5.41, 5.74) is 7.43. The molecule has 6 fully saturated rings. The molecule has 6 heterocycles. The van der Waals surface area contributed by atoms with E-state index < -0.39 is 92.0 Å². The number of carbonyl (C=O) groups is 3. The van der Waals surface area contributed by atoms with Crippen LogP contribution in [0.1, 0.15) is 195 Å². The first-order valence-corrected chi connectivity index (χ1v) is 36.7. The molecule has 580 valence electrons. The predicted molar refractivity (Wildman–Crippen MR) is 409 cm³/mol. The van der Waals surface area contributed by atoms with Gasteiger partial charge in [0.25, 0.3) is 5.91 Å². The lowest BCUT2D eigenvalue weighted by Crippen LogP contribution is -2.45. The molecule has 0 bridgehead atoms. The van der Waals surface area contributed by atoms with Crippen LogP contribution in [0.2, 0.25) is 0 Å². The summed E-state index contributed by atoms with van der Waals surface area (Å²) in [6.07, 6.45) is -8.87. The molecule has 19 nitrogen and oxygen atoms in total. The topological polar surface area (TPSA) is 217 Å². The number of halogens is 7.